The Balaban J connectivity index is 2.19. The van der Waals surface area contributed by atoms with Gasteiger partial charge in [-0.3, -0.25) is 4.79 Å². The van der Waals surface area contributed by atoms with Crippen molar-refractivity contribution in [2.75, 3.05) is 11.9 Å². The molecule has 0 radical (unpaired) electrons. The first-order valence-corrected chi connectivity index (χ1v) is 7.66. The smallest absolute Gasteiger partial charge is 0.283 e. The minimum Gasteiger partial charge on any atom is -0.394 e. The summed E-state index contributed by atoms with van der Waals surface area (Å²) in [5, 5.41) is 15.7. The summed E-state index contributed by atoms with van der Waals surface area (Å²) in [7, 11) is 0. The molecular weight excluding hydrogens is 409 g/mol. The minimum absolute atomic E-state index is 0.123. The fraction of sp³-hybridized carbons (Fsp3) is 0.231. The zero-order chi connectivity index (χ0) is 15.4. The van der Waals surface area contributed by atoms with Gasteiger partial charge in [0.05, 0.1) is 25.0 Å². The van der Waals surface area contributed by atoms with Crippen molar-refractivity contribution in [3.8, 4) is 0 Å². The van der Waals surface area contributed by atoms with Gasteiger partial charge in [0.2, 0.25) is 0 Å². The number of anilines is 1. The van der Waals surface area contributed by atoms with Crippen LogP contribution in [0, 0.1) is 5.82 Å². The quantitative estimate of drug-likeness (QED) is 0.779. The molecule has 0 saturated carbocycles. The lowest BCUT2D eigenvalue weighted by Gasteiger charge is -2.10. The Morgan fingerprint density at radius 3 is 2.86 bits per heavy atom. The Morgan fingerprint density at radius 1 is 1.38 bits per heavy atom. The van der Waals surface area contributed by atoms with E-state index in [-0.39, 0.29) is 31.1 Å². The SMILES string of the molecule is O=c1c(Br)c(NCc2cc(Br)ccc2F)cnn1CCO. The summed E-state index contributed by atoms with van der Waals surface area (Å²) >= 11 is 6.47. The van der Waals surface area contributed by atoms with Crippen LogP contribution in [0.25, 0.3) is 0 Å². The Morgan fingerprint density at radius 2 is 2.14 bits per heavy atom. The fourth-order valence-corrected chi connectivity index (χ4v) is 2.57. The number of nitrogens with one attached hydrogen (secondary N) is 1. The van der Waals surface area contributed by atoms with Crippen LogP contribution in [0.1, 0.15) is 5.56 Å². The molecule has 0 aliphatic heterocycles. The Hall–Kier alpha value is -1.25. The molecule has 8 heteroatoms. The van der Waals surface area contributed by atoms with E-state index in [1.165, 1.54) is 12.3 Å². The van der Waals surface area contributed by atoms with Gasteiger partial charge in [-0.15, -0.1) is 0 Å². The third-order valence-electron chi connectivity index (χ3n) is 2.77. The summed E-state index contributed by atoms with van der Waals surface area (Å²) in [4.78, 5) is 11.9. The molecule has 1 aromatic carbocycles. The van der Waals surface area contributed by atoms with E-state index in [0.717, 1.165) is 9.15 Å². The second kappa shape index (κ2) is 7.15. The zero-order valence-corrected chi connectivity index (χ0v) is 14.0. The van der Waals surface area contributed by atoms with Gasteiger partial charge in [0.15, 0.2) is 0 Å². The van der Waals surface area contributed by atoms with Crippen molar-refractivity contribution in [3.05, 3.63) is 55.1 Å². The lowest BCUT2D eigenvalue weighted by molar-refractivity contribution is 0.266. The molecule has 1 heterocycles. The molecule has 2 rings (SSSR count). The van der Waals surface area contributed by atoms with Crippen molar-refractivity contribution in [3.63, 3.8) is 0 Å². The van der Waals surface area contributed by atoms with Gasteiger partial charge in [-0.25, -0.2) is 9.07 Å². The number of hydrogen-bond donors (Lipinski definition) is 2. The number of aliphatic hydroxyl groups is 1. The maximum atomic E-state index is 13.6. The number of aromatic nitrogens is 2. The molecule has 0 aliphatic carbocycles. The van der Waals surface area contributed by atoms with E-state index in [1.54, 1.807) is 12.1 Å². The molecule has 0 amide bonds. The van der Waals surface area contributed by atoms with E-state index in [0.29, 0.717) is 15.7 Å². The Bertz CT molecular complexity index is 706. The summed E-state index contributed by atoms with van der Waals surface area (Å²) in [5.74, 6) is -0.330. The van der Waals surface area contributed by atoms with Gasteiger partial charge in [-0.2, -0.15) is 5.10 Å². The van der Waals surface area contributed by atoms with Crippen molar-refractivity contribution in [2.45, 2.75) is 13.1 Å². The number of rotatable bonds is 5. The van der Waals surface area contributed by atoms with Crippen LogP contribution in [0.15, 0.2) is 38.1 Å². The third kappa shape index (κ3) is 3.90. The second-order valence-electron chi connectivity index (χ2n) is 4.21. The highest BCUT2D eigenvalue weighted by Crippen LogP contribution is 2.20. The summed E-state index contributed by atoms with van der Waals surface area (Å²) in [6.07, 6.45) is 1.46. The van der Waals surface area contributed by atoms with Crippen molar-refractivity contribution < 1.29 is 9.50 Å². The summed E-state index contributed by atoms with van der Waals surface area (Å²) in [6, 6.07) is 4.65. The molecule has 5 nitrogen and oxygen atoms in total. The summed E-state index contributed by atoms with van der Waals surface area (Å²) < 4.78 is 15.8. The lowest BCUT2D eigenvalue weighted by Crippen LogP contribution is -2.25. The van der Waals surface area contributed by atoms with E-state index >= 15 is 0 Å². The second-order valence-corrected chi connectivity index (χ2v) is 5.92. The molecule has 21 heavy (non-hydrogen) atoms. The monoisotopic (exact) mass is 419 g/mol. The first-order valence-electron chi connectivity index (χ1n) is 6.07. The summed E-state index contributed by atoms with van der Waals surface area (Å²) in [6.45, 7) is 0.169. The predicted octanol–water partition coefficient (Wildman–Crippen LogP) is 2.51. The first kappa shape index (κ1) is 16.1. The topological polar surface area (TPSA) is 67.2 Å². The van der Waals surface area contributed by atoms with Crippen LogP contribution in [-0.2, 0) is 13.1 Å². The highest BCUT2D eigenvalue weighted by molar-refractivity contribution is 9.10. The van der Waals surface area contributed by atoms with Crippen molar-refractivity contribution in [1.29, 1.82) is 0 Å². The van der Waals surface area contributed by atoms with Crippen molar-refractivity contribution in [2.24, 2.45) is 0 Å². The maximum Gasteiger partial charge on any atom is 0.283 e. The van der Waals surface area contributed by atoms with Gasteiger partial charge in [0.1, 0.15) is 10.3 Å². The molecule has 0 aliphatic rings. The van der Waals surface area contributed by atoms with E-state index in [9.17, 15) is 9.18 Å². The van der Waals surface area contributed by atoms with Crippen LogP contribution in [0.2, 0.25) is 0 Å². The number of hydrogen-bond acceptors (Lipinski definition) is 4. The molecule has 0 atom stereocenters. The molecule has 0 fully saturated rings. The van der Waals surface area contributed by atoms with Gasteiger partial charge in [0, 0.05) is 16.6 Å². The number of nitrogens with zero attached hydrogens (tertiary/aromatic N) is 2. The molecule has 2 aromatic rings. The molecule has 0 bridgehead atoms. The Kier molecular flexibility index (Phi) is 5.49. The van der Waals surface area contributed by atoms with Crippen molar-refractivity contribution in [1.82, 2.24) is 9.78 Å². The lowest BCUT2D eigenvalue weighted by atomic mass is 10.2. The van der Waals surface area contributed by atoms with Gasteiger partial charge in [0.25, 0.3) is 5.56 Å². The number of halogens is 3. The molecule has 0 unspecified atom stereocenters. The van der Waals surface area contributed by atoms with Crippen LogP contribution >= 0.6 is 31.9 Å². The van der Waals surface area contributed by atoms with Crippen LogP contribution in [0.5, 0.6) is 0 Å². The maximum absolute atomic E-state index is 13.6. The average molecular weight is 421 g/mol. The van der Waals surface area contributed by atoms with E-state index in [1.807, 2.05) is 0 Å². The molecule has 0 saturated heterocycles. The molecular formula is C13H12Br2FN3O2. The average Bonchev–Trinajstić information content (AvgIpc) is 2.46. The zero-order valence-electron chi connectivity index (χ0n) is 10.8. The largest absolute Gasteiger partial charge is 0.394 e. The van der Waals surface area contributed by atoms with Crippen molar-refractivity contribution >= 4 is 37.5 Å². The van der Waals surface area contributed by atoms with Gasteiger partial charge in [-0.05, 0) is 34.1 Å². The van der Waals surface area contributed by atoms with Gasteiger partial charge < -0.3 is 10.4 Å². The minimum atomic E-state index is -0.358. The van der Waals surface area contributed by atoms with E-state index in [2.05, 4.69) is 42.3 Å². The van der Waals surface area contributed by atoms with Crippen LogP contribution in [0.4, 0.5) is 10.1 Å². The molecule has 0 spiro atoms. The highest BCUT2D eigenvalue weighted by atomic mass is 79.9. The van der Waals surface area contributed by atoms with Gasteiger partial charge >= 0.3 is 0 Å². The van der Waals surface area contributed by atoms with Crippen LogP contribution in [0.3, 0.4) is 0 Å². The van der Waals surface area contributed by atoms with Crippen LogP contribution in [-0.4, -0.2) is 21.5 Å². The molecule has 1 aromatic heterocycles. The van der Waals surface area contributed by atoms with E-state index < -0.39 is 0 Å². The molecule has 112 valence electrons. The standard InChI is InChI=1S/C13H12Br2FN3O2/c14-9-1-2-10(16)8(5-9)6-17-11-7-18-19(3-4-20)13(21)12(11)15/h1-2,5,7,17,20H,3-4,6H2. The normalized spacial score (nSPS) is 10.7. The number of benzene rings is 1. The van der Waals surface area contributed by atoms with E-state index in [4.69, 9.17) is 5.11 Å². The number of aliphatic hydroxyl groups excluding tert-OH is 1. The third-order valence-corrected chi connectivity index (χ3v) is 4.03. The highest BCUT2D eigenvalue weighted by Gasteiger charge is 2.09. The first-order chi connectivity index (χ1) is 10.0. The summed E-state index contributed by atoms with van der Waals surface area (Å²) in [5.41, 5.74) is 0.577. The molecule has 2 N–H and O–H groups in total. The fourth-order valence-electron chi connectivity index (χ4n) is 1.71. The Labute approximate surface area is 137 Å². The van der Waals surface area contributed by atoms with Gasteiger partial charge in [-0.1, -0.05) is 15.9 Å². The predicted molar refractivity (Wildman–Crippen MR) is 84.7 cm³/mol. The van der Waals surface area contributed by atoms with Crippen LogP contribution < -0.4 is 10.9 Å².